The minimum Gasteiger partial charge on any atom is -0.378 e. The Balaban J connectivity index is 1.59. The van der Waals surface area contributed by atoms with Gasteiger partial charge < -0.3 is 20.0 Å². The summed E-state index contributed by atoms with van der Waals surface area (Å²) in [6, 6.07) is 15.2. The van der Waals surface area contributed by atoms with E-state index in [2.05, 4.69) is 69.5 Å². The molecule has 1 atom stereocenters. The number of fused-ring (bicyclic) bond motifs is 1. The van der Waals surface area contributed by atoms with Gasteiger partial charge in [0.2, 0.25) is 5.91 Å². The van der Waals surface area contributed by atoms with E-state index < -0.39 is 0 Å². The van der Waals surface area contributed by atoms with Crippen molar-refractivity contribution in [1.29, 1.82) is 0 Å². The van der Waals surface area contributed by atoms with Gasteiger partial charge in [0, 0.05) is 69.7 Å². The van der Waals surface area contributed by atoms with E-state index in [-0.39, 0.29) is 11.8 Å². The first-order valence-corrected chi connectivity index (χ1v) is 9.66. The Kier molecular flexibility index (Phi) is 4.79. The van der Waals surface area contributed by atoms with Gasteiger partial charge >= 0.3 is 0 Å². The van der Waals surface area contributed by atoms with E-state index in [0.29, 0.717) is 6.42 Å². The second-order valence-corrected chi connectivity index (χ2v) is 7.85. The third kappa shape index (κ3) is 3.65. The highest BCUT2D eigenvalue weighted by Gasteiger charge is 2.27. The fourth-order valence-electron chi connectivity index (χ4n) is 4.01. The van der Waals surface area contributed by atoms with E-state index in [0.717, 1.165) is 37.6 Å². The van der Waals surface area contributed by atoms with Crippen molar-refractivity contribution in [3.63, 3.8) is 0 Å². The number of nitrogens with zero attached hydrogens (tertiary/aromatic N) is 3. The van der Waals surface area contributed by atoms with Crippen LogP contribution in [0.25, 0.3) is 0 Å². The monoisotopic (exact) mass is 364 g/mol. The molecule has 2 aliphatic rings. The van der Waals surface area contributed by atoms with Crippen molar-refractivity contribution in [2.24, 2.45) is 0 Å². The molecular formula is C22H28N4O. The number of carbonyl (C=O) groups excluding carboxylic acids is 1. The lowest BCUT2D eigenvalue weighted by atomic mass is 9.84. The van der Waals surface area contributed by atoms with E-state index in [1.807, 2.05) is 14.1 Å². The van der Waals surface area contributed by atoms with Crippen molar-refractivity contribution in [1.82, 2.24) is 4.90 Å². The van der Waals surface area contributed by atoms with Crippen molar-refractivity contribution in [3.05, 3.63) is 53.6 Å². The number of anilines is 3. The van der Waals surface area contributed by atoms with Crippen molar-refractivity contribution >= 4 is 23.0 Å². The van der Waals surface area contributed by atoms with E-state index in [4.69, 9.17) is 0 Å². The summed E-state index contributed by atoms with van der Waals surface area (Å²) in [5.74, 6) is 0.207. The Morgan fingerprint density at radius 2 is 1.70 bits per heavy atom. The summed E-state index contributed by atoms with van der Waals surface area (Å²) in [6.45, 7) is 4.34. The molecule has 142 valence electrons. The SMILES string of the molecule is CN1CCN(c2ccc(C3CC(=O)Nc4cc(N(C)C)ccc43)cc2)CC1. The first-order valence-electron chi connectivity index (χ1n) is 9.66. The number of rotatable bonds is 3. The molecule has 0 spiro atoms. The average Bonchev–Trinajstić information content (AvgIpc) is 2.67. The second kappa shape index (κ2) is 7.24. The molecule has 1 amide bonds. The first kappa shape index (κ1) is 17.9. The lowest BCUT2D eigenvalue weighted by Crippen LogP contribution is -2.44. The molecule has 2 aromatic rings. The second-order valence-electron chi connectivity index (χ2n) is 7.85. The summed E-state index contributed by atoms with van der Waals surface area (Å²) in [4.78, 5) is 19.2. The molecule has 5 heteroatoms. The van der Waals surface area contributed by atoms with Crippen molar-refractivity contribution < 1.29 is 4.79 Å². The standard InChI is InChI=1S/C22H28N4O/c1-24(2)18-8-9-19-20(15-22(27)23-21(19)14-18)16-4-6-17(7-5-16)26-12-10-25(3)11-13-26/h4-9,14,20H,10-13,15H2,1-3H3,(H,23,27). The molecule has 0 aromatic heterocycles. The number of amides is 1. The molecule has 2 aromatic carbocycles. The highest BCUT2D eigenvalue weighted by molar-refractivity contribution is 5.96. The van der Waals surface area contributed by atoms with Crippen molar-refractivity contribution in [2.45, 2.75) is 12.3 Å². The fraction of sp³-hybridized carbons (Fsp3) is 0.409. The number of likely N-dealkylation sites (N-methyl/N-ethyl adjacent to an activating group) is 1. The van der Waals surface area contributed by atoms with Gasteiger partial charge in [-0.2, -0.15) is 0 Å². The molecule has 0 saturated carbocycles. The maximum atomic E-state index is 12.3. The summed E-state index contributed by atoms with van der Waals surface area (Å²) in [7, 11) is 6.20. The number of hydrogen-bond donors (Lipinski definition) is 1. The van der Waals surface area contributed by atoms with Gasteiger partial charge in [-0.1, -0.05) is 18.2 Å². The van der Waals surface area contributed by atoms with Gasteiger partial charge in [0.05, 0.1) is 0 Å². The van der Waals surface area contributed by atoms with Crippen LogP contribution in [0.1, 0.15) is 23.5 Å². The van der Waals surface area contributed by atoms with Gasteiger partial charge in [0.25, 0.3) is 0 Å². The van der Waals surface area contributed by atoms with Gasteiger partial charge in [-0.3, -0.25) is 4.79 Å². The summed E-state index contributed by atoms with van der Waals surface area (Å²) < 4.78 is 0. The third-order valence-electron chi connectivity index (χ3n) is 5.76. The minimum absolute atomic E-state index is 0.0894. The molecule has 2 aliphatic heterocycles. The van der Waals surface area contributed by atoms with Crippen LogP contribution < -0.4 is 15.1 Å². The largest absolute Gasteiger partial charge is 0.378 e. The number of nitrogens with one attached hydrogen (secondary N) is 1. The molecule has 5 nitrogen and oxygen atoms in total. The van der Waals surface area contributed by atoms with E-state index in [9.17, 15) is 4.79 Å². The average molecular weight is 364 g/mol. The Morgan fingerprint density at radius 1 is 1.00 bits per heavy atom. The highest BCUT2D eigenvalue weighted by atomic mass is 16.1. The van der Waals surface area contributed by atoms with E-state index in [1.54, 1.807) is 0 Å². The van der Waals surface area contributed by atoms with Crippen molar-refractivity contribution in [2.75, 3.05) is 62.4 Å². The molecule has 1 fully saturated rings. The van der Waals surface area contributed by atoms with Crippen LogP contribution in [-0.2, 0) is 4.79 Å². The molecule has 0 radical (unpaired) electrons. The van der Waals surface area contributed by atoms with Gasteiger partial charge in [-0.15, -0.1) is 0 Å². The molecule has 0 aliphatic carbocycles. The molecule has 1 saturated heterocycles. The topological polar surface area (TPSA) is 38.8 Å². The van der Waals surface area contributed by atoms with Gasteiger partial charge in [0.15, 0.2) is 0 Å². The number of benzene rings is 2. The van der Waals surface area contributed by atoms with Crippen LogP contribution in [0.4, 0.5) is 17.1 Å². The number of piperazine rings is 1. The lowest BCUT2D eigenvalue weighted by Gasteiger charge is -2.34. The number of hydrogen-bond acceptors (Lipinski definition) is 4. The predicted molar refractivity (Wildman–Crippen MR) is 112 cm³/mol. The van der Waals surface area contributed by atoms with Crippen LogP contribution >= 0.6 is 0 Å². The quantitative estimate of drug-likeness (QED) is 0.909. The molecular weight excluding hydrogens is 336 g/mol. The summed E-state index contributed by atoms with van der Waals surface area (Å²) in [5, 5.41) is 3.04. The molecule has 27 heavy (non-hydrogen) atoms. The van der Waals surface area contributed by atoms with Gasteiger partial charge in [-0.05, 0) is 42.4 Å². The zero-order chi connectivity index (χ0) is 19.0. The Labute approximate surface area is 161 Å². The molecule has 2 heterocycles. The smallest absolute Gasteiger partial charge is 0.225 e. The van der Waals surface area contributed by atoms with Crippen LogP contribution in [0.15, 0.2) is 42.5 Å². The Bertz CT molecular complexity index is 823. The summed E-state index contributed by atoms with van der Waals surface area (Å²) >= 11 is 0. The van der Waals surface area contributed by atoms with E-state index in [1.165, 1.54) is 16.8 Å². The van der Waals surface area contributed by atoms with Crippen LogP contribution in [0, 0.1) is 0 Å². The predicted octanol–water partition coefficient (Wildman–Crippen LogP) is 2.98. The van der Waals surface area contributed by atoms with Crippen LogP contribution in [0.2, 0.25) is 0 Å². The number of carbonyl (C=O) groups is 1. The van der Waals surface area contributed by atoms with E-state index >= 15 is 0 Å². The Hall–Kier alpha value is -2.53. The summed E-state index contributed by atoms with van der Waals surface area (Å²) in [5.41, 5.74) is 5.72. The molecule has 0 bridgehead atoms. The maximum absolute atomic E-state index is 12.3. The highest BCUT2D eigenvalue weighted by Crippen LogP contribution is 2.39. The minimum atomic E-state index is 0.0894. The maximum Gasteiger partial charge on any atom is 0.225 e. The lowest BCUT2D eigenvalue weighted by molar-refractivity contribution is -0.116. The van der Waals surface area contributed by atoms with Crippen molar-refractivity contribution in [3.8, 4) is 0 Å². The Morgan fingerprint density at radius 3 is 2.37 bits per heavy atom. The van der Waals surface area contributed by atoms with Crippen LogP contribution in [0.3, 0.4) is 0 Å². The zero-order valence-corrected chi connectivity index (χ0v) is 16.4. The van der Waals surface area contributed by atoms with Gasteiger partial charge in [0.1, 0.15) is 0 Å². The third-order valence-corrected chi connectivity index (χ3v) is 5.76. The van der Waals surface area contributed by atoms with Crippen LogP contribution in [-0.4, -0.2) is 58.1 Å². The molecule has 4 rings (SSSR count). The first-order chi connectivity index (χ1) is 13.0. The van der Waals surface area contributed by atoms with Gasteiger partial charge in [-0.25, -0.2) is 0 Å². The zero-order valence-electron chi connectivity index (χ0n) is 16.4. The summed E-state index contributed by atoms with van der Waals surface area (Å²) in [6.07, 6.45) is 0.502. The van der Waals surface area contributed by atoms with Crippen LogP contribution in [0.5, 0.6) is 0 Å². The normalized spacial score (nSPS) is 20.2. The molecule has 1 N–H and O–H groups in total. The molecule has 1 unspecified atom stereocenters. The fourth-order valence-corrected chi connectivity index (χ4v) is 4.01.